The third kappa shape index (κ3) is 2.99. The third-order valence-corrected chi connectivity index (χ3v) is 4.58. The Balaban J connectivity index is 1.86. The van der Waals surface area contributed by atoms with Crippen molar-refractivity contribution < 1.29 is 12.0 Å². The maximum absolute atomic E-state index is 10.0. The number of nitrogens with zero attached hydrogens (tertiary/aromatic N) is 1. The highest BCUT2D eigenvalue weighted by molar-refractivity contribution is 9.11. The van der Waals surface area contributed by atoms with Gasteiger partial charge in [-0.05, 0) is 59.2 Å². The van der Waals surface area contributed by atoms with Crippen LogP contribution in [0.1, 0.15) is 38.0 Å². The van der Waals surface area contributed by atoms with E-state index in [4.69, 9.17) is 6.85 Å². The quantitative estimate of drug-likeness (QED) is 0.762. The first kappa shape index (κ1) is 9.03. The summed E-state index contributed by atoms with van der Waals surface area (Å²) < 4.78 is 41.5. The molecule has 1 aromatic carbocycles. The Bertz CT molecular complexity index is 651. The second-order valence-corrected chi connectivity index (χ2v) is 6.54. The van der Waals surface area contributed by atoms with E-state index in [-0.39, 0.29) is 12.8 Å². The lowest BCUT2D eigenvalue weighted by molar-refractivity contribution is 0.0721. The Hall–Kier alpha value is -0.100. The minimum absolute atomic E-state index is 0.0846. The van der Waals surface area contributed by atoms with Gasteiger partial charge >= 0.3 is 0 Å². The van der Waals surface area contributed by atoms with Gasteiger partial charge in [-0.1, -0.05) is 15.9 Å². The molecule has 1 heterocycles. The van der Waals surface area contributed by atoms with Crippen LogP contribution in [0.2, 0.25) is 0 Å². The van der Waals surface area contributed by atoms with Crippen LogP contribution in [0.15, 0.2) is 21.1 Å². The highest BCUT2D eigenvalue weighted by Gasteiger charge is 2.28. The zero-order valence-electron chi connectivity index (χ0n) is 15.2. The summed E-state index contributed by atoms with van der Waals surface area (Å²) in [6.45, 7) is 1.01. The number of hydrogen-bond donors (Lipinski definition) is 2. The molecule has 3 nitrogen and oxygen atoms in total. The van der Waals surface area contributed by atoms with Crippen LogP contribution in [0, 0.1) is 0 Å². The molecule has 5 heteroatoms. The fourth-order valence-electron chi connectivity index (χ4n) is 2.48. The fraction of sp³-hybridized carbons (Fsp3) is 0.571. The molecule has 0 spiro atoms. The van der Waals surface area contributed by atoms with Crippen molar-refractivity contribution in [1.82, 2.24) is 4.90 Å². The standard InChI is InChI=1S/C14H18Br2N2O/c15-10-5-9-7-18(8-17-14(9)13(16)6-10)11-1-3-12(19)4-2-11/h5-6,11-12,17,19H,1-4,7-8H2/i3D2,4D2,12D. The lowest BCUT2D eigenvalue weighted by Crippen LogP contribution is -2.43. The highest BCUT2D eigenvalue weighted by Crippen LogP contribution is 2.35. The molecule has 0 atom stereocenters. The zero-order chi connectivity index (χ0) is 17.9. The Morgan fingerprint density at radius 3 is 2.84 bits per heavy atom. The second-order valence-electron chi connectivity index (χ2n) is 4.77. The van der Waals surface area contributed by atoms with E-state index in [1.807, 2.05) is 17.0 Å². The summed E-state index contributed by atoms with van der Waals surface area (Å²) in [5.74, 6) is 0. The van der Waals surface area contributed by atoms with E-state index in [2.05, 4.69) is 37.2 Å². The Morgan fingerprint density at radius 2 is 2.11 bits per heavy atom. The monoisotopic (exact) mass is 393 g/mol. The summed E-state index contributed by atoms with van der Waals surface area (Å²) in [6, 6.07) is 3.52. The van der Waals surface area contributed by atoms with Crippen LogP contribution < -0.4 is 5.32 Å². The van der Waals surface area contributed by atoms with E-state index in [0.717, 1.165) is 20.2 Å². The Labute approximate surface area is 137 Å². The average Bonchev–Trinajstić information content (AvgIpc) is 2.43. The number of anilines is 1. The normalized spacial score (nSPS) is 40.8. The highest BCUT2D eigenvalue weighted by atomic mass is 79.9. The molecule has 104 valence electrons. The minimum Gasteiger partial charge on any atom is -0.393 e. The van der Waals surface area contributed by atoms with Gasteiger partial charge in [0.2, 0.25) is 0 Å². The largest absolute Gasteiger partial charge is 0.393 e. The van der Waals surface area contributed by atoms with E-state index in [9.17, 15) is 5.11 Å². The van der Waals surface area contributed by atoms with Crippen molar-refractivity contribution in [2.45, 2.75) is 44.3 Å². The SMILES string of the molecule is [2H]C1([2H])CC(N2CNc3c(Br)cc(Br)cc3C2)CC([2H])([2H])C1([2H])O. The van der Waals surface area contributed by atoms with Gasteiger partial charge in [0.25, 0.3) is 0 Å². The molecule has 1 fully saturated rings. The molecule has 0 amide bonds. The van der Waals surface area contributed by atoms with Crippen LogP contribution in [0.5, 0.6) is 0 Å². The van der Waals surface area contributed by atoms with E-state index in [1.54, 1.807) is 0 Å². The average molecular weight is 395 g/mol. The van der Waals surface area contributed by atoms with E-state index in [1.165, 1.54) is 0 Å². The summed E-state index contributed by atoms with van der Waals surface area (Å²) in [5.41, 5.74) is 2.00. The molecule has 1 aliphatic carbocycles. The van der Waals surface area contributed by atoms with Gasteiger partial charge in [-0.3, -0.25) is 4.90 Å². The minimum atomic E-state index is -2.75. The van der Waals surface area contributed by atoms with Gasteiger partial charge in [-0.15, -0.1) is 0 Å². The van der Waals surface area contributed by atoms with Crippen molar-refractivity contribution in [3.63, 3.8) is 0 Å². The molecular weight excluding hydrogens is 372 g/mol. The van der Waals surface area contributed by atoms with Gasteiger partial charge in [0.05, 0.1) is 19.8 Å². The topological polar surface area (TPSA) is 35.5 Å². The summed E-state index contributed by atoms with van der Waals surface area (Å²) >= 11 is 6.97. The van der Waals surface area contributed by atoms with Crippen LogP contribution in [0.3, 0.4) is 0 Å². The molecule has 3 rings (SSSR count). The van der Waals surface area contributed by atoms with Gasteiger partial charge in [0, 0.05) is 27.0 Å². The number of rotatable bonds is 1. The Morgan fingerprint density at radius 1 is 1.37 bits per heavy atom. The summed E-state index contributed by atoms with van der Waals surface area (Å²) in [5, 5.41) is 13.3. The van der Waals surface area contributed by atoms with Gasteiger partial charge in [-0.2, -0.15) is 0 Å². The molecule has 0 aromatic heterocycles. The fourth-order valence-corrected chi connectivity index (χ4v) is 3.94. The lowest BCUT2D eigenvalue weighted by atomic mass is 9.91. The number of benzene rings is 1. The molecule has 0 unspecified atom stereocenters. The van der Waals surface area contributed by atoms with E-state index in [0.29, 0.717) is 13.2 Å². The van der Waals surface area contributed by atoms with E-state index < -0.39 is 24.9 Å². The molecule has 0 bridgehead atoms. The van der Waals surface area contributed by atoms with Crippen LogP contribution in [0.4, 0.5) is 5.69 Å². The van der Waals surface area contributed by atoms with Crippen LogP contribution in [-0.2, 0) is 6.54 Å². The summed E-state index contributed by atoms with van der Waals surface area (Å²) in [6.07, 6.45) is -7.56. The maximum Gasteiger partial charge on any atom is 0.0684 e. The third-order valence-electron chi connectivity index (χ3n) is 3.50. The summed E-state index contributed by atoms with van der Waals surface area (Å²) in [7, 11) is 0. The van der Waals surface area contributed by atoms with Crippen LogP contribution in [0.25, 0.3) is 0 Å². The van der Waals surface area contributed by atoms with Crippen molar-refractivity contribution >= 4 is 37.5 Å². The predicted molar refractivity (Wildman–Crippen MR) is 84.1 cm³/mol. The van der Waals surface area contributed by atoms with Crippen molar-refractivity contribution in [2.24, 2.45) is 0 Å². The number of nitrogens with one attached hydrogen (secondary N) is 1. The molecule has 1 aromatic rings. The first-order chi connectivity index (χ1) is 10.9. The number of halogens is 2. The molecule has 2 aliphatic rings. The first-order valence-electron chi connectivity index (χ1n) is 8.63. The molecule has 0 radical (unpaired) electrons. The molecule has 0 saturated heterocycles. The van der Waals surface area contributed by atoms with Gasteiger partial charge in [-0.25, -0.2) is 0 Å². The number of aliphatic hydroxyl groups is 1. The van der Waals surface area contributed by atoms with Crippen molar-refractivity contribution in [1.29, 1.82) is 0 Å². The van der Waals surface area contributed by atoms with Crippen molar-refractivity contribution in [3.8, 4) is 0 Å². The van der Waals surface area contributed by atoms with Gasteiger partial charge in [0.1, 0.15) is 0 Å². The smallest absolute Gasteiger partial charge is 0.0684 e. The zero-order valence-corrected chi connectivity index (χ0v) is 13.4. The molecule has 1 saturated carbocycles. The van der Waals surface area contributed by atoms with Crippen molar-refractivity contribution in [2.75, 3.05) is 12.0 Å². The maximum atomic E-state index is 10.0. The Kier molecular flexibility index (Phi) is 2.72. The van der Waals surface area contributed by atoms with E-state index >= 15 is 0 Å². The van der Waals surface area contributed by atoms with Crippen molar-refractivity contribution in [3.05, 3.63) is 26.6 Å². The van der Waals surface area contributed by atoms with Crippen LogP contribution in [-0.4, -0.2) is 28.8 Å². The molecule has 1 aliphatic heterocycles. The number of fused-ring (bicyclic) bond motifs is 1. The number of hydrogen-bond acceptors (Lipinski definition) is 3. The summed E-state index contributed by atoms with van der Waals surface area (Å²) in [4.78, 5) is 1.96. The molecule has 19 heavy (non-hydrogen) atoms. The van der Waals surface area contributed by atoms with Gasteiger partial charge in [0.15, 0.2) is 0 Å². The van der Waals surface area contributed by atoms with Crippen LogP contribution >= 0.6 is 31.9 Å². The second kappa shape index (κ2) is 5.72. The van der Waals surface area contributed by atoms with Gasteiger partial charge < -0.3 is 10.4 Å². The first-order valence-corrected chi connectivity index (χ1v) is 7.71. The molecular formula is C14H18Br2N2O. The predicted octanol–water partition coefficient (Wildman–Crippen LogP) is 3.70. The molecule has 2 N–H and O–H groups in total. The lowest BCUT2D eigenvalue weighted by Gasteiger charge is -2.39.